The van der Waals surface area contributed by atoms with Crippen molar-refractivity contribution in [2.75, 3.05) is 0 Å². The number of nitrogens with zero attached hydrogens (tertiary/aromatic N) is 2. The van der Waals surface area contributed by atoms with Crippen LogP contribution in [0, 0.1) is 0 Å². The summed E-state index contributed by atoms with van der Waals surface area (Å²) in [5, 5.41) is 10.5. The molecule has 2 aromatic rings. The monoisotopic (exact) mass is 222 g/mol. The van der Waals surface area contributed by atoms with Gasteiger partial charge in [0.1, 0.15) is 0 Å². The summed E-state index contributed by atoms with van der Waals surface area (Å²) in [5.41, 5.74) is 0.899. The molecule has 1 N–H and O–H groups in total. The van der Waals surface area contributed by atoms with Crippen LogP contribution in [0.4, 0.5) is 0 Å². The van der Waals surface area contributed by atoms with Gasteiger partial charge >= 0.3 is 5.97 Å². The number of hydrogen-bond donors (Lipinski definition) is 1. The molecule has 5 heteroatoms. The van der Waals surface area contributed by atoms with Crippen LogP contribution in [0.3, 0.4) is 0 Å². The topological polar surface area (TPSA) is 55.1 Å². The highest BCUT2D eigenvalue weighted by molar-refractivity contribution is 7.13. The maximum Gasteiger partial charge on any atom is 0.305 e. The van der Waals surface area contributed by atoms with E-state index in [9.17, 15) is 4.79 Å². The van der Waals surface area contributed by atoms with Crippen molar-refractivity contribution in [3.05, 3.63) is 30.0 Å². The van der Waals surface area contributed by atoms with Gasteiger partial charge in [0.15, 0.2) is 0 Å². The van der Waals surface area contributed by atoms with Crippen LogP contribution in [-0.4, -0.2) is 20.6 Å². The lowest BCUT2D eigenvalue weighted by molar-refractivity contribution is -0.137. The Kier molecular flexibility index (Phi) is 2.82. The second-order valence-electron chi connectivity index (χ2n) is 3.12. The van der Waals surface area contributed by atoms with Gasteiger partial charge in [0.2, 0.25) is 0 Å². The first-order valence-electron chi connectivity index (χ1n) is 4.53. The Hall–Kier alpha value is -1.62. The van der Waals surface area contributed by atoms with Gasteiger partial charge < -0.3 is 9.67 Å². The van der Waals surface area contributed by atoms with Gasteiger partial charge in [-0.25, -0.2) is 4.98 Å². The van der Waals surface area contributed by atoms with E-state index < -0.39 is 5.97 Å². The van der Waals surface area contributed by atoms with E-state index in [1.54, 1.807) is 22.2 Å². The molecule has 0 radical (unpaired) electrons. The summed E-state index contributed by atoms with van der Waals surface area (Å²) >= 11 is 1.62. The van der Waals surface area contributed by atoms with Crippen LogP contribution in [0.1, 0.15) is 6.42 Å². The summed E-state index contributed by atoms with van der Waals surface area (Å²) in [5.74, 6) is -0.790. The molecular formula is C10H10N2O2S. The number of aryl methyl sites for hydroxylation is 1. The zero-order valence-electron chi connectivity index (χ0n) is 7.96. The Labute approximate surface area is 90.8 Å². The van der Waals surface area contributed by atoms with Crippen molar-refractivity contribution in [2.24, 2.45) is 0 Å². The van der Waals surface area contributed by atoms with Gasteiger partial charge in [-0.15, -0.1) is 11.3 Å². The van der Waals surface area contributed by atoms with Crippen LogP contribution in [0.25, 0.3) is 10.6 Å². The third-order valence-electron chi connectivity index (χ3n) is 1.99. The molecule has 0 aliphatic carbocycles. The maximum atomic E-state index is 10.4. The molecule has 0 fully saturated rings. The minimum atomic E-state index is -0.790. The molecule has 2 rings (SSSR count). The lowest BCUT2D eigenvalue weighted by atomic mass is 10.4. The summed E-state index contributed by atoms with van der Waals surface area (Å²) in [7, 11) is 0. The van der Waals surface area contributed by atoms with E-state index in [1.807, 2.05) is 23.7 Å². The van der Waals surface area contributed by atoms with Crippen LogP contribution in [0.2, 0.25) is 0 Å². The predicted molar refractivity (Wildman–Crippen MR) is 57.8 cm³/mol. The minimum absolute atomic E-state index is 0.125. The summed E-state index contributed by atoms with van der Waals surface area (Å²) in [4.78, 5) is 15.7. The van der Waals surface area contributed by atoms with Crippen molar-refractivity contribution in [1.29, 1.82) is 0 Å². The molecule has 4 nitrogen and oxygen atoms in total. The third-order valence-corrected chi connectivity index (χ3v) is 2.88. The van der Waals surface area contributed by atoms with E-state index in [0.29, 0.717) is 6.54 Å². The normalized spacial score (nSPS) is 10.4. The molecule has 0 spiro atoms. The molecule has 0 bridgehead atoms. The van der Waals surface area contributed by atoms with Crippen molar-refractivity contribution in [3.63, 3.8) is 0 Å². The quantitative estimate of drug-likeness (QED) is 0.861. The number of imidazole rings is 1. The van der Waals surface area contributed by atoms with Crippen molar-refractivity contribution >= 4 is 17.3 Å². The standard InChI is InChI=1S/C10H10N2O2S/c13-10(14)3-4-12-6-8(11-7-12)9-2-1-5-15-9/h1-2,5-7H,3-4H2,(H,13,14). The number of carboxylic acid groups (broad SMARTS) is 1. The first-order chi connectivity index (χ1) is 7.25. The molecule has 0 amide bonds. The summed E-state index contributed by atoms with van der Waals surface area (Å²) in [6.45, 7) is 0.466. The molecule has 15 heavy (non-hydrogen) atoms. The van der Waals surface area contributed by atoms with Gasteiger partial charge in [0.25, 0.3) is 0 Å². The number of carbonyl (C=O) groups is 1. The highest BCUT2D eigenvalue weighted by atomic mass is 32.1. The highest BCUT2D eigenvalue weighted by Crippen LogP contribution is 2.22. The van der Waals surface area contributed by atoms with Crippen molar-refractivity contribution < 1.29 is 9.90 Å². The van der Waals surface area contributed by atoms with Gasteiger partial charge in [0, 0.05) is 12.7 Å². The van der Waals surface area contributed by atoms with Crippen LogP contribution >= 0.6 is 11.3 Å². The number of hydrogen-bond acceptors (Lipinski definition) is 3. The summed E-state index contributed by atoms with van der Waals surface area (Å²) in [6, 6.07) is 3.96. The van der Waals surface area contributed by atoms with Gasteiger partial charge in [-0.1, -0.05) is 6.07 Å². The molecule has 0 saturated carbocycles. The molecule has 2 aromatic heterocycles. The van der Waals surface area contributed by atoms with E-state index in [4.69, 9.17) is 5.11 Å². The van der Waals surface area contributed by atoms with Gasteiger partial charge in [0.05, 0.1) is 23.3 Å². The number of aliphatic carboxylic acids is 1. The summed E-state index contributed by atoms with van der Waals surface area (Å²) < 4.78 is 1.79. The third kappa shape index (κ3) is 2.44. The minimum Gasteiger partial charge on any atom is -0.481 e. The second-order valence-corrected chi connectivity index (χ2v) is 4.07. The second kappa shape index (κ2) is 4.27. The molecule has 0 saturated heterocycles. The average molecular weight is 222 g/mol. The number of thiophene rings is 1. The lowest BCUT2D eigenvalue weighted by Gasteiger charge is -1.96. The van der Waals surface area contributed by atoms with Crippen molar-refractivity contribution in [2.45, 2.75) is 13.0 Å². The fourth-order valence-corrected chi connectivity index (χ4v) is 1.95. The summed E-state index contributed by atoms with van der Waals surface area (Å²) in [6.07, 6.45) is 3.66. The zero-order valence-corrected chi connectivity index (χ0v) is 8.78. The fraction of sp³-hybridized carbons (Fsp3) is 0.200. The van der Waals surface area contributed by atoms with Crippen LogP contribution in [0.15, 0.2) is 30.0 Å². The SMILES string of the molecule is O=C(O)CCn1cnc(-c2cccs2)c1. The Morgan fingerprint density at radius 2 is 2.47 bits per heavy atom. The largest absolute Gasteiger partial charge is 0.481 e. The Balaban J connectivity index is 2.08. The van der Waals surface area contributed by atoms with Crippen molar-refractivity contribution in [3.8, 4) is 10.6 Å². The van der Waals surface area contributed by atoms with Crippen LogP contribution in [-0.2, 0) is 11.3 Å². The predicted octanol–water partition coefficient (Wildman–Crippen LogP) is 2.09. The Morgan fingerprint density at radius 1 is 1.60 bits per heavy atom. The molecule has 2 heterocycles. The molecule has 0 atom stereocenters. The van der Waals surface area contributed by atoms with E-state index in [2.05, 4.69) is 4.98 Å². The number of carboxylic acids is 1. The molecule has 0 unspecified atom stereocenters. The molecular weight excluding hydrogens is 212 g/mol. The fourth-order valence-electron chi connectivity index (χ4n) is 1.26. The number of rotatable bonds is 4. The van der Waals surface area contributed by atoms with E-state index in [0.717, 1.165) is 10.6 Å². The number of aromatic nitrogens is 2. The first-order valence-corrected chi connectivity index (χ1v) is 5.41. The van der Waals surface area contributed by atoms with E-state index in [-0.39, 0.29) is 6.42 Å². The smallest absolute Gasteiger partial charge is 0.305 e. The first kappa shape index (κ1) is 9.92. The molecule has 78 valence electrons. The highest BCUT2D eigenvalue weighted by Gasteiger charge is 2.03. The zero-order chi connectivity index (χ0) is 10.7. The molecule has 0 aliphatic heterocycles. The molecule has 0 aliphatic rings. The Morgan fingerprint density at radius 3 is 3.13 bits per heavy atom. The average Bonchev–Trinajstić information content (AvgIpc) is 2.85. The molecule has 0 aromatic carbocycles. The van der Waals surface area contributed by atoms with E-state index >= 15 is 0 Å². The van der Waals surface area contributed by atoms with Gasteiger partial charge in [-0.2, -0.15) is 0 Å². The Bertz CT molecular complexity index is 448. The van der Waals surface area contributed by atoms with Crippen LogP contribution < -0.4 is 0 Å². The van der Waals surface area contributed by atoms with Gasteiger partial charge in [-0.05, 0) is 11.4 Å². The maximum absolute atomic E-state index is 10.4. The van der Waals surface area contributed by atoms with Gasteiger partial charge in [-0.3, -0.25) is 4.79 Å². The van der Waals surface area contributed by atoms with E-state index in [1.165, 1.54) is 0 Å². The lowest BCUT2D eigenvalue weighted by Crippen LogP contribution is -2.02. The van der Waals surface area contributed by atoms with Crippen LogP contribution in [0.5, 0.6) is 0 Å². The van der Waals surface area contributed by atoms with Crippen molar-refractivity contribution in [1.82, 2.24) is 9.55 Å².